The van der Waals surface area contributed by atoms with Crippen LogP contribution in [-0.2, 0) is 11.2 Å². The minimum absolute atomic E-state index is 0.0793. The quantitative estimate of drug-likeness (QED) is 0.576. The van der Waals surface area contributed by atoms with E-state index in [2.05, 4.69) is 21.5 Å². The van der Waals surface area contributed by atoms with Gasteiger partial charge in [-0.25, -0.2) is 14.4 Å². The zero-order valence-corrected chi connectivity index (χ0v) is 13.0. The fraction of sp³-hybridized carbons (Fsp3) is 0.111. The Morgan fingerprint density at radius 3 is 2.79 bits per heavy atom. The zero-order chi connectivity index (χ0) is 17.3. The van der Waals surface area contributed by atoms with Gasteiger partial charge in [-0.05, 0) is 18.6 Å². The van der Waals surface area contributed by atoms with Gasteiger partial charge in [0.15, 0.2) is 17.4 Å². The minimum atomic E-state index is -0.964. The standard InChI is InChI=1S/C18H14FN3O2/c1-10(19)15(24)7-12-4-3-5-13(6-12)17-16-14(11(2)23)8-20-18(16)22-9-21-17/h3-6,8-9H,1,7H2,2H3,(H,20,21,22). The Labute approximate surface area is 137 Å². The van der Waals surface area contributed by atoms with Crippen LogP contribution in [0, 0.1) is 0 Å². The molecular weight excluding hydrogens is 309 g/mol. The van der Waals surface area contributed by atoms with Crippen LogP contribution >= 0.6 is 0 Å². The number of aromatic amines is 1. The van der Waals surface area contributed by atoms with Crippen LogP contribution in [0.4, 0.5) is 4.39 Å². The number of ketones is 2. The zero-order valence-electron chi connectivity index (χ0n) is 13.0. The molecule has 2 heterocycles. The van der Waals surface area contributed by atoms with Gasteiger partial charge in [-0.3, -0.25) is 9.59 Å². The van der Waals surface area contributed by atoms with Crippen LogP contribution in [0.5, 0.6) is 0 Å². The number of benzene rings is 1. The number of aromatic nitrogens is 3. The Bertz CT molecular complexity index is 975. The predicted octanol–water partition coefficient (Wildman–Crippen LogP) is 3.42. The molecular formula is C18H14FN3O2. The highest BCUT2D eigenvalue weighted by Gasteiger charge is 2.16. The first-order valence-corrected chi connectivity index (χ1v) is 7.27. The number of rotatable bonds is 5. The third-order valence-electron chi connectivity index (χ3n) is 3.72. The van der Waals surface area contributed by atoms with Crippen LogP contribution in [-0.4, -0.2) is 26.5 Å². The number of hydrogen-bond acceptors (Lipinski definition) is 4. The molecule has 0 spiro atoms. The van der Waals surface area contributed by atoms with Crippen LogP contribution < -0.4 is 0 Å². The van der Waals surface area contributed by atoms with E-state index in [1.807, 2.05) is 6.07 Å². The summed E-state index contributed by atoms with van der Waals surface area (Å²) in [5.41, 5.74) is 3.00. The molecule has 0 fully saturated rings. The Kier molecular flexibility index (Phi) is 4.04. The summed E-state index contributed by atoms with van der Waals surface area (Å²) in [5, 5.41) is 0.628. The highest BCUT2D eigenvalue weighted by molar-refractivity contribution is 6.10. The number of H-pyrrole nitrogens is 1. The molecule has 24 heavy (non-hydrogen) atoms. The van der Waals surface area contributed by atoms with Crippen molar-refractivity contribution in [2.75, 3.05) is 0 Å². The van der Waals surface area contributed by atoms with Crippen LogP contribution in [0.25, 0.3) is 22.3 Å². The average molecular weight is 323 g/mol. The molecule has 0 amide bonds. The van der Waals surface area contributed by atoms with Crippen molar-refractivity contribution >= 4 is 22.6 Å². The Morgan fingerprint density at radius 2 is 2.08 bits per heavy atom. The van der Waals surface area contributed by atoms with E-state index < -0.39 is 11.6 Å². The molecule has 3 rings (SSSR count). The molecule has 5 nitrogen and oxygen atoms in total. The van der Waals surface area contributed by atoms with Crippen molar-refractivity contribution < 1.29 is 14.0 Å². The molecule has 0 unspecified atom stereocenters. The first kappa shape index (κ1) is 15.7. The molecule has 120 valence electrons. The Balaban J connectivity index is 2.11. The maximum atomic E-state index is 12.9. The summed E-state index contributed by atoms with van der Waals surface area (Å²) < 4.78 is 12.9. The smallest absolute Gasteiger partial charge is 0.194 e. The first-order chi connectivity index (χ1) is 11.5. The van der Waals surface area contributed by atoms with Crippen LogP contribution in [0.1, 0.15) is 22.8 Å². The van der Waals surface area contributed by atoms with Crippen molar-refractivity contribution in [3.8, 4) is 11.3 Å². The number of fused-ring (bicyclic) bond motifs is 1. The lowest BCUT2D eigenvalue weighted by Crippen LogP contribution is -2.02. The van der Waals surface area contributed by atoms with Gasteiger partial charge in [-0.2, -0.15) is 0 Å². The SMILES string of the molecule is C=C(F)C(=O)Cc1cccc(-c2ncnc3[nH]cc(C(C)=O)c23)c1. The second-order valence-corrected chi connectivity index (χ2v) is 5.41. The topological polar surface area (TPSA) is 75.7 Å². The summed E-state index contributed by atoms with van der Waals surface area (Å²) in [5.74, 6) is -1.72. The number of carbonyl (C=O) groups is 2. The lowest BCUT2D eigenvalue weighted by atomic mass is 10.0. The fourth-order valence-corrected chi connectivity index (χ4v) is 2.57. The molecule has 0 aliphatic heterocycles. The van der Waals surface area contributed by atoms with Crippen molar-refractivity contribution in [2.24, 2.45) is 0 Å². The molecule has 0 aliphatic carbocycles. The summed E-state index contributed by atoms with van der Waals surface area (Å²) in [6.45, 7) is 4.49. The highest BCUT2D eigenvalue weighted by Crippen LogP contribution is 2.29. The molecule has 2 aromatic heterocycles. The van der Waals surface area contributed by atoms with E-state index in [1.54, 1.807) is 24.4 Å². The van der Waals surface area contributed by atoms with E-state index in [1.165, 1.54) is 13.3 Å². The molecule has 1 N–H and O–H groups in total. The molecule has 0 saturated carbocycles. The molecule has 1 aromatic carbocycles. The highest BCUT2D eigenvalue weighted by atomic mass is 19.1. The number of nitrogens with one attached hydrogen (secondary N) is 1. The summed E-state index contributed by atoms with van der Waals surface area (Å²) >= 11 is 0. The number of hydrogen-bond donors (Lipinski definition) is 1. The van der Waals surface area contributed by atoms with Gasteiger partial charge < -0.3 is 4.98 Å². The first-order valence-electron chi connectivity index (χ1n) is 7.27. The lowest BCUT2D eigenvalue weighted by Gasteiger charge is -2.06. The molecule has 0 radical (unpaired) electrons. The van der Waals surface area contributed by atoms with E-state index in [0.717, 1.165) is 5.56 Å². The van der Waals surface area contributed by atoms with Gasteiger partial charge in [0, 0.05) is 23.7 Å². The Hall–Kier alpha value is -3.15. The van der Waals surface area contributed by atoms with Gasteiger partial charge in [0.2, 0.25) is 0 Å². The van der Waals surface area contributed by atoms with Crippen molar-refractivity contribution in [2.45, 2.75) is 13.3 Å². The van der Waals surface area contributed by atoms with Gasteiger partial charge in [0.25, 0.3) is 0 Å². The van der Waals surface area contributed by atoms with Crippen LogP contribution in [0.3, 0.4) is 0 Å². The number of Topliss-reactive ketones (excluding diaryl/α,β-unsaturated/α-hetero) is 2. The molecule has 3 aromatic rings. The number of nitrogens with zero attached hydrogens (tertiary/aromatic N) is 2. The van der Waals surface area contributed by atoms with Crippen molar-refractivity contribution in [1.29, 1.82) is 0 Å². The largest absolute Gasteiger partial charge is 0.345 e. The van der Waals surface area contributed by atoms with E-state index in [0.29, 0.717) is 27.9 Å². The normalized spacial score (nSPS) is 10.8. The number of halogens is 1. The third-order valence-corrected chi connectivity index (χ3v) is 3.72. The maximum absolute atomic E-state index is 12.9. The van der Waals surface area contributed by atoms with Crippen molar-refractivity contribution in [3.63, 3.8) is 0 Å². The molecule has 6 heteroatoms. The number of carbonyl (C=O) groups excluding carboxylic acids is 2. The fourth-order valence-electron chi connectivity index (χ4n) is 2.57. The van der Waals surface area contributed by atoms with E-state index in [-0.39, 0.29) is 12.2 Å². The van der Waals surface area contributed by atoms with Gasteiger partial charge >= 0.3 is 0 Å². The predicted molar refractivity (Wildman–Crippen MR) is 88.3 cm³/mol. The average Bonchev–Trinajstić information content (AvgIpc) is 2.99. The monoisotopic (exact) mass is 323 g/mol. The van der Waals surface area contributed by atoms with Gasteiger partial charge in [0.05, 0.1) is 11.1 Å². The second-order valence-electron chi connectivity index (χ2n) is 5.41. The lowest BCUT2D eigenvalue weighted by molar-refractivity contribution is -0.116. The summed E-state index contributed by atoms with van der Waals surface area (Å²) in [7, 11) is 0. The Morgan fingerprint density at radius 1 is 1.29 bits per heavy atom. The molecule has 0 bridgehead atoms. The van der Waals surface area contributed by atoms with E-state index >= 15 is 0 Å². The van der Waals surface area contributed by atoms with Crippen molar-refractivity contribution in [1.82, 2.24) is 15.0 Å². The second kappa shape index (κ2) is 6.16. The summed E-state index contributed by atoms with van der Waals surface area (Å²) in [6.07, 6.45) is 2.93. The molecule has 0 saturated heterocycles. The van der Waals surface area contributed by atoms with Gasteiger partial charge in [0.1, 0.15) is 12.0 Å². The van der Waals surface area contributed by atoms with E-state index in [4.69, 9.17) is 0 Å². The summed E-state index contributed by atoms with van der Waals surface area (Å²) in [6, 6.07) is 7.05. The molecule has 0 atom stereocenters. The third kappa shape index (κ3) is 2.86. The molecule has 0 aliphatic rings. The van der Waals surface area contributed by atoms with Gasteiger partial charge in [-0.1, -0.05) is 24.8 Å². The maximum Gasteiger partial charge on any atom is 0.194 e. The minimum Gasteiger partial charge on any atom is -0.345 e. The van der Waals surface area contributed by atoms with E-state index in [9.17, 15) is 14.0 Å². The summed E-state index contributed by atoms with van der Waals surface area (Å²) in [4.78, 5) is 34.7. The van der Waals surface area contributed by atoms with Crippen molar-refractivity contribution in [3.05, 3.63) is 60.3 Å². The van der Waals surface area contributed by atoms with Gasteiger partial charge in [-0.15, -0.1) is 0 Å². The van der Waals surface area contributed by atoms with Crippen LogP contribution in [0.15, 0.2) is 49.2 Å². The van der Waals surface area contributed by atoms with Crippen LogP contribution in [0.2, 0.25) is 0 Å². The number of allylic oxidation sites excluding steroid dienone is 1.